The van der Waals surface area contributed by atoms with Gasteiger partial charge in [0.05, 0.1) is 11.1 Å². The van der Waals surface area contributed by atoms with Gasteiger partial charge < -0.3 is 9.47 Å². The van der Waals surface area contributed by atoms with Crippen molar-refractivity contribution >= 4 is 33.5 Å². The van der Waals surface area contributed by atoms with Crippen LogP contribution in [0.15, 0.2) is 60.7 Å². The van der Waals surface area contributed by atoms with E-state index in [9.17, 15) is 35.9 Å². The van der Waals surface area contributed by atoms with Crippen molar-refractivity contribution < 1.29 is 45.4 Å². The van der Waals surface area contributed by atoms with Gasteiger partial charge in [0.15, 0.2) is 34.9 Å². The van der Waals surface area contributed by atoms with Crippen molar-refractivity contribution in [2.45, 2.75) is 13.8 Å². The van der Waals surface area contributed by atoms with Crippen molar-refractivity contribution in [1.29, 1.82) is 0 Å². The molecular formula is C30H16F6O4. The van der Waals surface area contributed by atoms with Crippen LogP contribution in [0.2, 0.25) is 0 Å². The minimum atomic E-state index is -1.79. The van der Waals surface area contributed by atoms with Crippen LogP contribution in [0.3, 0.4) is 0 Å². The van der Waals surface area contributed by atoms with Gasteiger partial charge in [0.2, 0.25) is 0 Å². The summed E-state index contributed by atoms with van der Waals surface area (Å²) in [6, 6.07) is 12.0. The van der Waals surface area contributed by atoms with Crippen LogP contribution >= 0.6 is 0 Å². The minimum Gasteiger partial charge on any atom is -0.423 e. The Hall–Kier alpha value is -4.86. The number of benzene rings is 5. The van der Waals surface area contributed by atoms with Gasteiger partial charge in [0.1, 0.15) is 11.5 Å². The third-order valence-corrected chi connectivity index (χ3v) is 6.53. The maximum absolute atomic E-state index is 14.0. The summed E-state index contributed by atoms with van der Waals surface area (Å²) < 4.78 is 92.0. The quantitative estimate of drug-likeness (QED) is 0.0746. The Kier molecular flexibility index (Phi) is 6.70. The average Bonchev–Trinajstić information content (AvgIpc) is 2.93. The lowest BCUT2D eigenvalue weighted by Gasteiger charge is -2.15. The molecule has 0 fully saturated rings. The molecule has 5 aromatic rings. The molecule has 0 atom stereocenters. The molecule has 0 aromatic heterocycles. The van der Waals surface area contributed by atoms with Gasteiger partial charge in [-0.15, -0.1) is 0 Å². The normalized spacial score (nSPS) is 11.2. The summed E-state index contributed by atoms with van der Waals surface area (Å²) in [5.74, 6) is -12.1. The Bertz CT molecular complexity index is 1750. The van der Waals surface area contributed by atoms with E-state index in [-0.39, 0.29) is 11.5 Å². The molecule has 10 heteroatoms. The van der Waals surface area contributed by atoms with E-state index in [4.69, 9.17) is 9.47 Å². The molecule has 0 saturated heterocycles. The summed E-state index contributed by atoms with van der Waals surface area (Å²) >= 11 is 0. The predicted molar refractivity (Wildman–Crippen MR) is 133 cm³/mol. The Morgan fingerprint density at radius 3 is 1.25 bits per heavy atom. The number of aryl methyl sites for hydroxylation is 2. The van der Waals surface area contributed by atoms with E-state index in [1.165, 1.54) is 24.3 Å². The van der Waals surface area contributed by atoms with Crippen molar-refractivity contribution in [2.75, 3.05) is 0 Å². The summed E-state index contributed by atoms with van der Waals surface area (Å²) in [7, 11) is 0. The number of fused-ring (bicyclic) bond motifs is 2. The molecule has 0 unspecified atom stereocenters. The fraction of sp³-hybridized carbons (Fsp3) is 0.0667. The highest BCUT2D eigenvalue weighted by Gasteiger charge is 2.22. The third-order valence-electron chi connectivity index (χ3n) is 6.53. The highest BCUT2D eigenvalue weighted by molar-refractivity contribution is 6.06. The number of hydrogen-bond acceptors (Lipinski definition) is 4. The third kappa shape index (κ3) is 4.51. The summed E-state index contributed by atoms with van der Waals surface area (Å²) in [6.45, 7) is 3.57. The number of carbonyl (C=O) groups excluding carboxylic acids is 2. The minimum absolute atomic E-state index is 0.0302. The smallest absolute Gasteiger partial charge is 0.346 e. The lowest BCUT2D eigenvalue weighted by molar-refractivity contribution is 0.0718. The van der Waals surface area contributed by atoms with E-state index in [2.05, 4.69) is 0 Å². The summed E-state index contributed by atoms with van der Waals surface area (Å²) in [5, 5.41) is 2.77. The molecule has 0 aliphatic carbocycles. The highest BCUT2D eigenvalue weighted by Crippen LogP contribution is 2.36. The monoisotopic (exact) mass is 554 g/mol. The summed E-state index contributed by atoms with van der Waals surface area (Å²) in [5.41, 5.74) is -0.0689. The molecule has 0 heterocycles. The zero-order valence-corrected chi connectivity index (χ0v) is 20.7. The molecule has 0 saturated carbocycles. The van der Waals surface area contributed by atoms with Crippen LogP contribution in [0, 0.1) is 48.8 Å². The van der Waals surface area contributed by atoms with Crippen LogP contribution in [0.1, 0.15) is 31.8 Å². The van der Waals surface area contributed by atoms with Gasteiger partial charge in [0.25, 0.3) is 0 Å². The molecule has 0 spiro atoms. The van der Waals surface area contributed by atoms with Crippen molar-refractivity contribution in [3.05, 3.63) is 118 Å². The number of hydrogen-bond donors (Lipinski definition) is 0. The van der Waals surface area contributed by atoms with E-state index in [1.807, 2.05) is 0 Å². The molecule has 0 amide bonds. The molecule has 5 rings (SSSR count). The van der Waals surface area contributed by atoms with Gasteiger partial charge in [-0.2, -0.15) is 0 Å². The van der Waals surface area contributed by atoms with Crippen LogP contribution in [0.4, 0.5) is 26.3 Å². The standard InChI is InChI=1S/C30H16F6O4/c1-13-17-5-3-16(40-30(38)20-8-10-24(32)28(36)26(20)34)12-22(17)14(2)18-6-4-15(11-21(13)18)39-29(37)19-7-9-23(31)27(35)25(19)33/h3-12H,1-2H3. The second kappa shape index (κ2) is 10.0. The van der Waals surface area contributed by atoms with E-state index in [0.717, 1.165) is 34.0 Å². The zero-order valence-electron chi connectivity index (χ0n) is 20.7. The zero-order chi connectivity index (χ0) is 28.9. The maximum Gasteiger partial charge on any atom is 0.346 e. The van der Waals surface area contributed by atoms with E-state index in [0.29, 0.717) is 22.9 Å². The molecule has 202 valence electrons. The molecule has 0 radical (unpaired) electrons. The highest BCUT2D eigenvalue weighted by atomic mass is 19.2. The van der Waals surface area contributed by atoms with Crippen molar-refractivity contribution in [2.24, 2.45) is 0 Å². The Balaban J connectivity index is 1.48. The average molecular weight is 554 g/mol. The van der Waals surface area contributed by atoms with Crippen LogP contribution in [-0.4, -0.2) is 11.9 Å². The Morgan fingerprint density at radius 2 is 0.875 bits per heavy atom. The predicted octanol–water partition coefficient (Wildman–Crippen LogP) is 7.88. The largest absolute Gasteiger partial charge is 0.423 e. The number of halogens is 6. The molecule has 0 aliphatic rings. The maximum atomic E-state index is 14.0. The molecule has 0 aliphatic heterocycles. The fourth-order valence-electron chi connectivity index (χ4n) is 4.43. The second-order valence-electron chi connectivity index (χ2n) is 8.89. The molecule has 4 nitrogen and oxygen atoms in total. The first kappa shape index (κ1) is 26.7. The first-order valence-electron chi connectivity index (χ1n) is 11.7. The number of rotatable bonds is 4. The van der Waals surface area contributed by atoms with Gasteiger partial charge in [-0.3, -0.25) is 0 Å². The van der Waals surface area contributed by atoms with Gasteiger partial charge in [-0.05, 0) is 95.1 Å². The topological polar surface area (TPSA) is 52.6 Å². The second-order valence-corrected chi connectivity index (χ2v) is 8.89. The van der Waals surface area contributed by atoms with Crippen molar-refractivity contribution in [3.63, 3.8) is 0 Å². The van der Waals surface area contributed by atoms with Crippen LogP contribution in [0.25, 0.3) is 21.5 Å². The van der Waals surface area contributed by atoms with Gasteiger partial charge >= 0.3 is 11.9 Å². The molecule has 40 heavy (non-hydrogen) atoms. The molecule has 0 N–H and O–H groups in total. The Labute approximate surface area is 222 Å². The first-order valence-corrected chi connectivity index (χ1v) is 11.7. The molecule has 0 bridgehead atoms. The number of esters is 2. The lowest BCUT2D eigenvalue weighted by Crippen LogP contribution is -2.12. The van der Waals surface area contributed by atoms with Gasteiger partial charge in [-0.25, -0.2) is 35.9 Å². The van der Waals surface area contributed by atoms with E-state index in [1.54, 1.807) is 26.0 Å². The van der Waals surface area contributed by atoms with Crippen molar-refractivity contribution in [1.82, 2.24) is 0 Å². The van der Waals surface area contributed by atoms with Crippen LogP contribution in [-0.2, 0) is 0 Å². The summed E-state index contributed by atoms with van der Waals surface area (Å²) in [4.78, 5) is 24.9. The number of carbonyl (C=O) groups is 2. The van der Waals surface area contributed by atoms with Gasteiger partial charge in [-0.1, -0.05) is 12.1 Å². The van der Waals surface area contributed by atoms with E-state index >= 15 is 0 Å². The first-order chi connectivity index (χ1) is 19.0. The van der Waals surface area contributed by atoms with Crippen LogP contribution < -0.4 is 9.47 Å². The lowest BCUT2D eigenvalue weighted by atomic mass is 9.93. The van der Waals surface area contributed by atoms with Crippen LogP contribution in [0.5, 0.6) is 11.5 Å². The molecular weight excluding hydrogens is 538 g/mol. The van der Waals surface area contributed by atoms with E-state index < -0.39 is 58.0 Å². The van der Waals surface area contributed by atoms with Gasteiger partial charge in [0, 0.05) is 0 Å². The SMILES string of the molecule is Cc1c2ccc(OC(=O)c3ccc(F)c(F)c3F)cc2c(C)c2ccc(OC(=O)c3ccc(F)c(F)c3F)cc12. The fourth-order valence-corrected chi connectivity index (χ4v) is 4.43. The summed E-state index contributed by atoms with van der Waals surface area (Å²) in [6.07, 6.45) is 0. The molecule has 5 aromatic carbocycles. The van der Waals surface area contributed by atoms with Crippen molar-refractivity contribution in [3.8, 4) is 11.5 Å². The Morgan fingerprint density at radius 1 is 0.500 bits per heavy atom. The number of ether oxygens (including phenoxy) is 2.